The van der Waals surface area contributed by atoms with Gasteiger partial charge in [0.25, 0.3) is 0 Å². The molecule has 5 unspecified atom stereocenters. The summed E-state index contributed by atoms with van der Waals surface area (Å²) in [6.45, 7) is 2.34. The second-order valence-electron chi connectivity index (χ2n) is 7.42. The van der Waals surface area contributed by atoms with Gasteiger partial charge in [-0.25, -0.2) is 0 Å². The Kier molecular flexibility index (Phi) is 4.34. The van der Waals surface area contributed by atoms with Crippen molar-refractivity contribution in [2.45, 2.75) is 89.3 Å². The number of fused-ring (bicyclic) bond motifs is 1. The van der Waals surface area contributed by atoms with Gasteiger partial charge in [0.15, 0.2) is 0 Å². The summed E-state index contributed by atoms with van der Waals surface area (Å²) in [4.78, 5) is 14.2. The first kappa shape index (κ1) is 14.4. The standard InChI is InChI=1S/C17H29NO2/c1-12-5-4-7-14(11-12)18-15-8-3-2-6-13(15)9-10-16(18)17(19)20/h12-16H,2-11H2,1H3,(H,19,20). The van der Waals surface area contributed by atoms with Crippen molar-refractivity contribution in [3.05, 3.63) is 0 Å². The normalized spacial score (nSPS) is 43.0. The number of aliphatic carboxylic acids is 1. The van der Waals surface area contributed by atoms with Gasteiger partial charge in [-0.15, -0.1) is 0 Å². The van der Waals surface area contributed by atoms with E-state index in [1.807, 2.05) is 0 Å². The zero-order valence-electron chi connectivity index (χ0n) is 12.8. The third-order valence-corrected chi connectivity index (χ3v) is 6.04. The van der Waals surface area contributed by atoms with Crippen molar-refractivity contribution in [2.75, 3.05) is 0 Å². The smallest absolute Gasteiger partial charge is 0.320 e. The maximum Gasteiger partial charge on any atom is 0.320 e. The lowest BCUT2D eigenvalue weighted by Crippen LogP contribution is -2.59. The molecule has 2 saturated carbocycles. The predicted octanol–water partition coefficient (Wildman–Crippen LogP) is 3.67. The third kappa shape index (κ3) is 2.74. The number of nitrogens with zero attached hydrogens (tertiary/aromatic N) is 1. The summed E-state index contributed by atoms with van der Waals surface area (Å²) in [7, 11) is 0. The van der Waals surface area contributed by atoms with Crippen LogP contribution in [0.4, 0.5) is 0 Å². The summed E-state index contributed by atoms with van der Waals surface area (Å²) in [5, 5.41) is 9.65. The molecule has 20 heavy (non-hydrogen) atoms. The van der Waals surface area contributed by atoms with Gasteiger partial charge in [0.2, 0.25) is 0 Å². The Balaban J connectivity index is 1.81. The SMILES string of the molecule is CC1CCCC(N2C(C(=O)O)CCC3CCCCC32)C1. The number of carbonyl (C=O) groups is 1. The monoisotopic (exact) mass is 279 g/mol. The largest absolute Gasteiger partial charge is 0.480 e. The Labute approximate surface area is 122 Å². The van der Waals surface area contributed by atoms with Crippen molar-refractivity contribution in [1.82, 2.24) is 4.90 Å². The van der Waals surface area contributed by atoms with Crippen molar-refractivity contribution in [3.8, 4) is 0 Å². The van der Waals surface area contributed by atoms with Crippen molar-refractivity contribution in [3.63, 3.8) is 0 Å². The van der Waals surface area contributed by atoms with Gasteiger partial charge in [-0.3, -0.25) is 9.69 Å². The first-order valence-electron chi connectivity index (χ1n) is 8.67. The maximum atomic E-state index is 11.7. The fourth-order valence-corrected chi connectivity index (χ4v) is 5.12. The van der Waals surface area contributed by atoms with Gasteiger partial charge in [0, 0.05) is 12.1 Å². The van der Waals surface area contributed by atoms with Gasteiger partial charge in [-0.05, 0) is 50.4 Å². The summed E-state index contributed by atoms with van der Waals surface area (Å²) in [6.07, 6.45) is 12.3. The Morgan fingerprint density at radius 1 is 1.00 bits per heavy atom. The first-order chi connectivity index (χ1) is 9.66. The van der Waals surface area contributed by atoms with Crippen LogP contribution in [0.3, 0.4) is 0 Å². The van der Waals surface area contributed by atoms with Crippen LogP contribution in [0.15, 0.2) is 0 Å². The second-order valence-corrected chi connectivity index (χ2v) is 7.42. The van der Waals surface area contributed by atoms with E-state index in [9.17, 15) is 9.90 Å². The minimum atomic E-state index is -0.577. The van der Waals surface area contributed by atoms with Crippen LogP contribution in [0.25, 0.3) is 0 Å². The lowest BCUT2D eigenvalue weighted by molar-refractivity contribution is -0.151. The number of hydrogen-bond acceptors (Lipinski definition) is 2. The molecule has 0 radical (unpaired) electrons. The van der Waals surface area contributed by atoms with E-state index in [2.05, 4.69) is 11.8 Å². The van der Waals surface area contributed by atoms with Crippen LogP contribution in [0.1, 0.15) is 71.1 Å². The number of piperidine rings is 1. The second kappa shape index (κ2) is 6.05. The van der Waals surface area contributed by atoms with E-state index in [4.69, 9.17) is 0 Å². The zero-order valence-corrected chi connectivity index (χ0v) is 12.8. The minimum Gasteiger partial charge on any atom is -0.480 e. The average molecular weight is 279 g/mol. The van der Waals surface area contributed by atoms with Gasteiger partial charge in [0.1, 0.15) is 6.04 Å². The van der Waals surface area contributed by atoms with Crippen LogP contribution in [0.5, 0.6) is 0 Å². The molecule has 3 heteroatoms. The highest BCUT2D eigenvalue weighted by molar-refractivity contribution is 5.73. The maximum absolute atomic E-state index is 11.7. The molecule has 1 heterocycles. The van der Waals surface area contributed by atoms with Crippen LogP contribution in [0, 0.1) is 11.8 Å². The van der Waals surface area contributed by atoms with Crippen LogP contribution < -0.4 is 0 Å². The number of rotatable bonds is 2. The summed E-state index contributed by atoms with van der Waals surface area (Å²) >= 11 is 0. The number of likely N-dealkylation sites (tertiary alicyclic amines) is 1. The van der Waals surface area contributed by atoms with Gasteiger partial charge >= 0.3 is 5.97 Å². The molecular weight excluding hydrogens is 250 g/mol. The Morgan fingerprint density at radius 3 is 2.55 bits per heavy atom. The van der Waals surface area contributed by atoms with Gasteiger partial charge in [0.05, 0.1) is 0 Å². The summed E-state index contributed by atoms with van der Waals surface area (Å²) in [6, 6.07) is 0.893. The van der Waals surface area contributed by atoms with E-state index in [-0.39, 0.29) is 6.04 Å². The van der Waals surface area contributed by atoms with Gasteiger partial charge in [-0.1, -0.05) is 32.6 Å². The lowest BCUT2D eigenvalue weighted by Gasteiger charge is -2.52. The fourth-order valence-electron chi connectivity index (χ4n) is 5.12. The van der Waals surface area contributed by atoms with Crippen molar-refractivity contribution in [1.29, 1.82) is 0 Å². The molecule has 5 atom stereocenters. The van der Waals surface area contributed by atoms with Gasteiger partial charge < -0.3 is 5.11 Å². The summed E-state index contributed by atoms with van der Waals surface area (Å²) in [5.41, 5.74) is 0. The van der Waals surface area contributed by atoms with E-state index < -0.39 is 5.97 Å². The molecule has 1 saturated heterocycles. The molecule has 0 aromatic heterocycles. The Bertz CT molecular complexity index is 357. The number of hydrogen-bond donors (Lipinski definition) is 1. The van der Waals surface area contributed by atoms with E-state index in [0.29, 0.717) is 12.1 Å². The van der Waals surface area contributed by atoms with E-state index in [1.54, 1.807) is 0 Å². The molecule has 0 aromatic carbocycles. The lowest BCUT2D eigenvalue weighted by atomic mass is 9.74. The fraction of sp³-hybridized carbons (Fsp3) is 0.941. The van der Waals surface area contributed by atoms with Crippen LogP contribution in [0.2, 0.25) is 0 Å². The molecule has 3 aliphatic rings. The first-order valence-corrected chi connectivity index (χ1v) is 8.67. The highest BCUT2D eigenvalue weighted by Crippen LogP contribution is 2.42. The molecule has 114 valence electrons. The topological polar surface area (TPSA) is 40.5 Å². The molecule has 0 amide bonds. The van der Waals surface area contributed by atoms with E-state index in [1.165, 1.54) is 51.4 Å². The molecule has 1 aliphatic heterocycles. The van der Waals surface area contributed by atoms with Crippen LogP contribution in [-0.4, -0.2) is 34.1 Å². The molecule has 0 spiro atoms. The number of carboxylic acid groups (broad SMARTS) is 1. The highest BCUT2D eigenvalue weighted by Gasteiger charge is 2.44. The van der Waals surface area contributed by atoms with E-state index in [0.717, 1.165) is 24.7 Å². The molecular formula is C17H29NO2. The Morgan fingerprint density at radius 2 is 1.80 bits per heavy atom. The average Bonchev–Trinajstić information content (AvgIpc) is 2.46. The third-order valence-electron chi connectivity index (χ3n) is 6.04. The zero-order chi connectivity index (χ0) is 14.1. The van der Waals surface area contributed by atoms with Crippen LogP contribution in [-0.2, 0) is 4.79 Å². The quantitative estimate of drug-likeness (QED) is 0.838. The van der Waals surface area contributed by atoms with Crippen molar-refractivity contribution >= 4 is 5.97 Å². The predicted molar refractivity (Wildman–Crippen MR) is 79.7 cm³/mol. The highest BCUT2D eigenvalue weighted by atomic mass is 16.4. The molecule has 3 fully saturated rings. The van der Waals surface area contributed by atoms with Crippen molar-refractivity contribution < 1.29 is 9.90 Å². The summed E-state index contributed by atoms with van der Waals surface area (Å²) < 4.78 is 0. The molecule has 0 bridgehead atoms. The number of carboxylic acids is 1. The minimum absolute atomic E-state index is 0.204. The van der Waals surface area contributed by atoms with Crippen LogP contribution >= 0.6 is 0 Å². The molecule has 2 aliphatic carbocycles. The van der Waals surface area contributed by atoms with Crippen molar-refractivity contribution in [2.24, 2.45) is 11.8 Å². The Hall–Kier alpha value is -0.570. The van der Waals surface area contributed by atoms with E-state index >= 15 is 0 Å². The molecule has 1 N–H and O–H groups in total. The molecule has 3 rings (SSSR count). The molecule has 0 aromatic rings. The molecule has 3 nitrogen and oxygen atoms in total. The summed E-state index contributed by atoms with van der Waals surface area (Å²) in [5.74, 6) is 0.969. The van der Waals surface area contributed by atoms with Gasteiger partial charge in [-0.2, -0.15) is 0 Å².